The first-order valence-corrected chi connectivity index (χ1v) is 9.62. The number of methoxy groups -OCH3 is 1. The molecule has 1 spiro atoms. The van der Waals surface area contributed by atoms with E-state index >= 15 is 0 Å². The van der Waals surface area contributed by atoms with Crippen LogP contribution in [0, 0.1) is 11.2 Å². The van der Waals surface area contributed by atoms with Crippen molar-refractivity contribution in [2.24, 2.45) is 11.1 Å². The third-order valence-corrected chi connectivity index (χ3v) is 6.61. The van der Waals surface area contributed by atoms with Gasteiger partial charge in [0.15, 0.2) is 0 Å². The van der Waals surface area contributed by atoms with Gasteiger partial charge in [0.25, 0.3) is 0 Å². The Morgan fingerprint density at radius 2 is 2.15 bits per heavy atom. The van der Waals surface area contributed by atoms with Crippen molar-refractivity contribution in [1.29, 1.82) is 0 Å². The third-order valence-electron chi connectivity index (χ3n) is 5.63. The number of aliphatic hydroxyl groups is 1. The second-order valence-electron chi connectivity index (χ2n) is 7.71. The van der Waals surface area contributed by atoms with E-state index in [0.29, 0.717) is 12.3 Å². The number of ether oxygens (including phenoxy) is 1. The molecule has 2 aromatic heterocycles. The number of fused-ring (bicyclic) bond motifs is 1. The fourth-order valence-electron chi connectivity index (χ4n) is 4.48. The quantitative estimate of drug-likeness (QED) is 0.709. The summed E-state index contributed by atoms with van der Waals surface area (Å²) >= 11 is 1.52. The highest BCUT2D eigenvalue weighted by atomic mass is 32.1. The van der Waals surface area contributed by atoms with Gasteiger partial charge >= 0.3 is 0 Å². The maximum Gasteiger partial charge on any atom is 0.214 e. The summed E-state index contributed by atoms with van der Waals surface area (Å²) in [7, 11) is 1.52. The van der Waals surface area contributed by atoms with Crippen LogP contribution in [0.25, 0.3) is 16.2 Å². The molecule has 0 unspecified atom stereocenters. The van der Waals surface area contributed by atoms with Gasteiger partial charge in [0.1, 0.15) is 11.6 Å². The molecule has 1 saturated carbocycles. The number of hydrogen-bond acceptors (Lipinski definition) is 7. The van der Waals surface area contributed by atoms with Crippen LogP contribution in [0.4, 0.5) is 9.52 Å². The summed E-state index contributed by atoms with van der Waals surface area (Å²) in [5.74, 6) is 0.101. The lowest BCUT2D eigenvalue weighted by atomic mass is 9.55. The molecule has 3 aromatic rings. The summed E-state index contributed by atoms with van der Waals surface area (Å²) in [6, 6.07) is 4.44. The largest absolute Gasteiger partial charge is 0.496 e. The standard InChI is InChI=1S/C18H20FN5O2S/c1-26-14-4-11(19)2-3-12(14)13-5-21-15-24(13)22-16(27-15)23-9-17(10-23)6-18(25,7-17)8-20/h2-5,25H,6-10,20H2,1H3. The Balaban J connectivity index is 1.41. The van der Waals surface area contributed by atoms with Crippen molar-refractivity contribution in [3.05, 3.63) is 30.2 Å². The normalized spacial score (nSPS) is 19.9. The maximum absolute atomic E-state index is 13.5. The lowest BCUT2D eigenvalue weighted by Crippen LogP contribution is -2.69. The van der Waals surface area contributed by atoms with Crippen molar-refractivity contribution < 1.29 is 14.2 Å². The SMILES string of the molecule is COc1cc(F)ccc1-c1cnc2sc(N3CC4(C3)CC(O)(CN)C4)nn12. The lowest BCUT2D eigenvalue weighted by Gasteiger charge is -2.62. The zero-order chi connectivity index (χ0) is 18.8. The van der Waals surface area contributed by atoms with Crippen LogP contribution < -0.4 is 15.4 Å². The van der Waals surface area contributed by atoms with E-state index in [-0.39, 0.29) is 11.2 Å². The monoisotopic (exact) mass is 389 g/mol. The Morgan fingerprint density at radius 3 is 2.85 bits per heavy atom. The molecule has 142 valence electrons. The van der Waals surface area contributed by atoms with E-state index in [4.69, 9.17) is 15.6 Å². The van der Waals surface area contributed by atoms with E-state index in [2.05, 4.69) is 9.88 Å². The van der Waals surface area contributed by atoms with Crippen molar-refractivity contribution in [3.8, 4) is 17.0 Å². The van der Waals surface area contributed by atoms with Crippen molar-refractivity contribution >= 4 is 21.4 Å². The minimum Gasteiger partial charge on any atom is -0.496 e. The van der Waals surface area contributed by atoms with Crippen LogP contribution in [0.5, 0.6) is 5.75 Å². The molecule has 1 aliphatic carbocycles. The van der Waals surface area contributed by atoms with E-state index in [1.54, 1.807) is 16.8 Å². The molecule has 2 fully saturated rings. The van der Waals surface area contributed by atoms with Crippen LogP contribution >= 0.6 is 11.3 Å². The van der Waals surface area contributed by atoms with Crippen molar-refractivity contribution in [2.75, 3.05) is 31.6 Å². The van der Waals surface area contributed by atoms with Gasteiger partial charge in [-0.05, 0) is 25.0 Å². The van der Waals surface area contributed by atoms with Crippen LogP contribution in [0.1, 0.15) is 12.8 Å². The Bertz CT molecular complexity index is 1020. The minimum atomic E-state index is -0.685. The van der Waals surface area contributed by atoms with Gasteiger partial charge in [-0.25, -0.2) is 13.9 Å². The van der Waals surface area contributed by atoms with Crippen molar-refractivity contribution in [1.82, 2.24) is 14.6 Å². The summed E-state index contributed by atoms with van der Waals surface area (Å²) in [5, 5.41) is 15.8. The van der Waals surface area contributed by atoms with E-state index in [0.717, 1.165) is 47.3 Å². The molecule has 0 bridgehead atoms. The number of rotatable bonds is 4. The zero-order valence-corrected chi connectivity index (χ0v) is 15.7. The number of halogens is 1. The molecule has 9 heteroatoms. The molecular weight excluding hydrogens is 369 g/mol. The Hall–Kier alpha value is -2.23. The fourth-order valence-corrected chi connectivity index (χ4v) is 5.36. The van der Waals surface area contributed by atoms with Gasteiger partial charge in [-0.15, -0.1) is 5.10 Å². The van der Waals surface area contributed by atoms with E-state index < -0.39 is 5.60 Å². The number of anilines is 1. The molecule has 1 aromatic carbocycles. The van der Waals surface area contributed by atoms with Crippen LogP contribution in [0.3, 0.4) is 0 Å². The number of nitrogens with two attached hydrogens (primary N) is 1. The molecule has 0 radical (unpaired) electrons. The molecule has 3 N–H and O–H groups in total. The Kier molecular flexibility index (Phi) is 3.53. The van der Waals surface area contributed by atoms with E-state index in [9.17, 15) is 9.50 Å². The van der Waals surface area contributed by atoms with Crippen LogP contribution in [-0.4, -0.2) is 52.0 Å². The molecular formula is C18H20FN5O2S. The molecule has 1 saturated heterocycles. The van der Waals surface area contributed by atoms with Gasteiger partial charge in [0.05, 0.1) is 24.6 Å². The number of hydrogen-bond donors (Lipinski definition) is 2. The average Bonchev–Trinajstić information content (AvgIpc) is 3.17. The first-order chi connectivity index (χ1) is 12.9. The maximum atomic E-state index is 13.5. The van der Waals surface area contributed by atoms with Gasteiger partial charge < -0.3 is 20.5 Å². The summed E-state index contributed by atoms with van der Waals surface area (Å²) in [5.41, 5.74) is 6.63. The third kappa shape index (κ3) is 2.53. The van der Waals surface area contributed by atoms with Gasteiger partial charge in [-0.1, -0.05) is 11.3 Å². The number of benzene rings is 1. The Morgan fingerprint density at radius 1 is 1.37 bits per heavy atom. The summed E-state index contributed by atoms with van der Waals surface area (Å²) in [6.07, 6.45) is 3.24. The van der Waals surface area contributed by atoms with Crippen LogP contribution in [0.2, 0.25) is 0 Å². The van der Waals surface area contributed by atoms with Crippen LogP contribution in [-0.2, 0) is 0 Å². The molecule has 3 heterocycles. The van der Waals surface area contributed by atoms with E-state index in [1.165, 1.54) is 30.6 Å². The van der Waals surface area contributed by atoms with Crippen LogP contribution in [0.15, 0.2) is 24.4 Å². The molecule has 2 aliphatic rings. The molecule has 7 nitrogen and oxygen atoms in total. The first kappa shape index (κ1) is 16.9. The van der Waals surface area contributed by atoms with Gasteiger partial charge in [-0.3, -0.25) is 0 Å². The molecule has 1 aliphatic heterocycles. The number of aromatic nitrogens is 3. The highest BCUT2D eigenvalue weighted by molar-refractivity contribution is 7.20. The molecule has 27 heavy (non-hydrogen) atoms. The first-order valence-electron chi connectivity index (χ1n) is 8.80. The minimum absolute atomic E-state index is 0.172. The van der Waals surface area contributed by atoms with Gasteiger partial charge in [0, 0.05) is 36.7 Å². The number of imidazole rings is 1. The van der Waals surface area contributed by atoms with Crippen molar-refractivity contribution in [3.63, 3.8) is 0 Å². The van der Waals surface area contributed by atoms with E-state index in [1.807, 2.05) is 0 Å². The molecule has 0 atom stereocenters. The summed E-state index contributed by atoms with van der Waals surface area (Å²) < 4.78 is 20.6. The smallest absolute Gasteiger partial charge is 0.214 e. The van der Waals surface area contributed by atoms with Crippen molar-refractivity contribution in [2.45, 2.75) is 18.4 Å². The second kappa shape index (κ2) is 5.63. The highest BCUT2D eigenvalue weighted by Gasteiger charge is 2.59. The average molecular weight is 389 g/mol. The van der Waals surface area contributed by atoms with Gasteiger partial charge in [0.2, 0.25) is 10.1 Å². The molecule has 5 rings (SSSR count). The predicted octanol–water partition coefficient (Wildman–Crippen LogP) is 1.90. The topological polar surface area (TPSA) is 88.9 Å². The molecule has 0 amide bonds. The highest BCUT2D eigenvalue weighted by Crippen LogP contribution is 2.54. The zero-order valence-electron chi connectivity index (χ0n) is 14.9. The Labute approximate surface area is 159 Å². The predicted molar refractivity (Wildman–Crippen MR) is 101 cm³/mol. The number of nitrogens with zero attached hydrogens (tertiary/aromatic N) is 4. The lowest BCUT2D eigenvalue weighted by molar-refractivity contribution is -0.132. The van der Waals surface area contributed by atoms with Gasteiger partial charge in [-0.2, -0.15) is 0 Å². The summed E-state index contributed by atoms with van der Waals surface area (Å²) in [6.45, 7) is 2.07. The fraction of sp³-hybridized carbons (Fsp3) is 0.444. The summed E-state index contributed by atoms with van der Waals surface area (Å²) in [4.78, 5) is 7.43. The second-order valence-corrected chi connectivity index (χ2v) is 8.64.